The number of nitrogens with zero attached hydrogens (tertiary/aromatic N) is 4. The molecule has 0 radical (unpaired) electrons. The van der Waals surface area contributed by atoms with Gasteiger partial charge in [0.1, 0.15) is 12.7 Å². The van der Waals surface area contributed by atoms with Crippen molar-refractivity contribution in [2.24, 2.45) is 0 Å². The van der Waals surface area contributed by atoms with Crippen LogP contribution >= 0.6 is 0 Å². The smallest absolute Gasteiger partial charge is 0.227 e. The number of carbonyl (C=O) groups is 1. The van der Waals surface area contributed by atoms with Crippen LogP contribution in [0.4, 0.5) is 0 Å². The van der Waals surface area contributed by atoms with Crippen LogP contribution < -0.4 is 0 Å². The normalized spacial score (nSPS) is 18.4. The van der Waals surface area contributed by atoms with E-state index in [4.69, 9.17) is 0 Å². The lowest BCUT2D eigenvalue weighted by Gasteiger charge is -2.21. The zero-order chi connectivity index (χ0) is 13.9. The van der Waals surface area contributed by atoms with E-state index in [1.165, 1.54) is 0 Å². The van der Waals surface area contributed by atoms with Crippen molar-refractivity contribution in [1.29, 1.82) is 0 Å². The Balaban J connectivity index is 1.68. The van der Waals surface area contributed by atoms with Crippen LogP contribution in [0.15, 0.2) is 36.9 Å². The molecule has 104 valence electrons. The predicted molar refractivity (Wildman–Crippen MR) is 75.5 cm³/mol. The number of carbonyl (C=O) groups excluding carboxylic acids is 1. The molecule has 0 aliphatic carbocycles. The molecule has 1 amide bonds. The summed E-state index contributed by atoms with van der Waals surface area (Å²) in [4.78, 5) is 14.2. The van der Waals surface area contributed by atoms with Crippen molar-refractivity contribution in [1.82, 2.24) is 19.7 Å². The highest BCUT2D eigenvalue weighted by atomic mass is 16.2. The van der Waals surface area contributed by atoms with Crippen LogP contribution in [-0.2, 0) is 11.2 Å². The summed E-state index contributed by atoms with van der Waals surface area (Å²) >= 11 is 0. The molecule has 1 fully saturated rings. The van der Waals surface area contributed by atoms with Crippen molar-refractivity contribution < 1.29 is 4.79 Å². The molecule has 1 saturated heterocycles. The lowest BCUT2D eigenvalue weighted by molar-refractivity contribution is -0.130. The molecule has 1 aliphatic heterocycles. The molecule has 5 nitrogen and oxygen atoms in total. The fraction of sp³-hybridized carbons (Fsp3) is 0.400. The van der Waals surface area contributed by atoms with Gasteiger partial charge in [-0.25, -0.2) is 0 Å². The van der Waals surface area contributed by atoms with Crippen LogP contribution in [0.5, 0.6) is 0 Å². The third kappa shape index (κ3) is 2.57. The summed E-state index contributed by atoms with van der Waals surface area (Å²) in [6, 6.07) is 8.35. The number of benzene rings is 1. The molecular weight excluding hydrogens is 252 g/mol. The van der Waals surface area contributed by atoms with Gasteiger partial charge < -0.3 is 4.90 Å². The Kier molecular flexibility index (Phi) is 3.50. The molecule has 0 saturated carbocycles. The number of amides is 1. The van der Waals surface area contributed by atoms with E-state index in [1.54, 1.807) is 12.7 Å². The maximum atomic E-state index is 12.2. The van der Waals surface area contributed by atoms with Gasteiger partial charge in [0.2, 0.25) is 5.91 Å². The van der Waals surface area contributed by atoms with Crippen molar-refractivity contribution in [2.75, 3.05) is 6.54 Å². The van der Waals surface area contributed by atoms with Gasteiger partial charge in [0.25, 0.3) is 0 Å². The van der Waals surface area contributed by atoms with Crippen LogP contribution in [0.2, 0.25) is 0 Å². The van der Waals surface area contributed by atoms with Gasteiger partial charge in [0.05, 0.1) is 6.42 Å². The molecule has 1 aromatic heterocycles. The fourth-order valence-electron chi connectivity index (χ4n) is 2.70. The largest absolute Gasteiger partial charge is 0.340 e. The first-order chi connectivity index (χ1) is 9.74. The lowest BCUT2D eigenvalue weighted by atomic mass is 10.1. The second-order valence-corrected chi connectivity index (χ2v) is 5.29. The molecule has 5 heteroatoms. The monoisotopic (exact) mass is 270 g/mol. The Morgan fingerprint density at radius 1 is 1.25 bits per heavy atom. The van der Waals surface area contributed by atoms with Crippen molar-refractivity contribution in [3.05, 3.63) is 42.5 Å². The highest BCUT2D eigenvalue weighted by Gasteiger charge is 2.24. The lowest BCUT2D eigenvalue weighted by Crippen LogP contribution is -2.34. The minimum Gasteiger partial charge on any atom is -0.340 e. The van der Waals surface area contributed by atoms with Gasteiger partial charge in [0.15, 0.2) is 0 Å². The minimum absolute atomic E-state index is 0.229. The number of hydrogen-bond acceptors (Lipinski definition) is 3. The quantitative estimate of drug-likeness (QED) is 0.855. The Bertz CT molecular complexity index is 576. The van der Waals surface area contributed by atoms with E-state index in [0.29, 0.717) is 12.5 Å². The van der Waals surface area contributed by atoms with Crippen LogP contribution in [0.3, 0.4) is 0 Å². The maximum absolute atomic E-state index is 12.2. The van der Waals surface area contributed by atoms with Gasteiger partial charge in [-0.2, -0.15) is 0 Å². The van der Waals surface area contributed by atoms with E-state index in [2.05, 4.69) is 17.1 Å². The molecule has 1 atom stereocenters. The summed E-state index contributed by atoms with van der Waals surface area (Å²) in [5, 5.41) is 7.56. The summed E-state index contributed by atoms with van der Waals surface area (Å²) in [7, 11) is 0. The number of rotatable bonds is 3. The van der Waals surface area contributed by atoms with Crippen LogP contribution in [0.1, 0.15) is 25.3 Å². The van der Waals surface area contributed by atoms with Crippen molar-refractivity contribution in [3.63, 3.8) is 0 Å². The van der Waals surface area contributed by atoms with E-state index in [0.717, 1.165) is 30.6 Å². The molecule has 2 aromatic rings. The molecule has 20 heavy (non-hydrogen) atoms. The SMILES string of the molecule is CC1CCCN1C(=O)Cc1ccc(-n2cnnc2)cc1. The Hall–Kier alpha value is -2.17. The highest BCUT2D eigenvalue weighted by molar-refractivity contribution is 5.79. The summed E-state index contributed by atoms with van der Waals surface area (Å²) < 4.78 is 1.84. The first-order valence-corrected chi connectivity index (χ1v) is 6.97. The van der Waals surface area contributed by atoms with Crippen LogP contribution in [0, 0.1) is 0 Å². The first-order valence-electron chi connectivity index (χ1n) is 6.97. The van der Waals surface area contributed by atoms with Crippen molar-refractivity contribution in [2.45, 2.75) is 32.2 Å². The highest BCUT2D eigenvalue weighted by Crippen LogP contribution is 2.18. The van der Waals surface area contributed by atoms with E-state index in [-0.39, 0.29) is 5.91 Å². The summed E-state index contributed by atoms with van der Waals surface area (Å²) in [6.45, 7) is 3.03. The maximum Gasteiger partial charge on any atom is 0.227 e. The molecule has 0 bridgehead atoms. The van der Waals surface area contributed by atoms with Gasteiger partial charge in [-0.1, -0.05) is 12.1 Å². The summed E-state index contributed by atoms with van der Waals surface area (Å²) in [6.07, 6.45) is 6.04. The molecule has 1 aliphatic rings. The van der Waals surface area contributed by atoms with E-state index >= 15 is 0 Å². The second kappa shape index (κ2) is 5.45. The molecule has 0 spiro atoms. The molecule has 1 aromatic carbocycles. The van der Waals surface area contributed by atoms with Crippen molar-refractivity contribution in [3.8, 4) is 5.69 Å². The topological polar surface area (TPSA) is 51.0 Å². The van der Waals surface area contributed by atoms with Gasteiger partial charge in [-0.15, -0.1) is 10.2 Å². The third-order valence-electron chi connectivity index (χ3n) is 3.88. The molecule has 2 heterocycles. The summed E-state index contributed by atoms with van der Waals surface area (Å²) in [5.74, 6) is 0.229. The van der Waals surface area contributed by atoms with Gasteiger partial charge >= 0.3 is 0 Å². The molecule has 1 unspecified atom stereocenters. The average Bonchev–Trinajstić information content (AvgIpc) is 3.10. The Labute approximate surface area is 118 Å². The van der Waals surface area contributed by atoms with Crippen LogP contribution in [0.25, 0.3) is 5.69 Å². The fourth-order valence-corrected chi connectivity index (χ4v) is 2.70. The zero-order valence-corrected chi connectivity index (χ0v) is 11.6. The Morgan fingerprint density at radius 2 is 1.95 bits per heavy atom. The van der Waals surface area contributed by atoms with Crippen molar-refractivity contribution >= 4 is 5.91 Å². The van der Waals surface area contributed by atoms with E-state index < -0.39 is 0 Å². The molecule has 3 rings (SSSR count). The second-order valence-electron chi connectivity index (χ2n) is 5.29. The number of hydrogen-bond donors (Lipinski definition) is 0. The first kappa shape index (κ1) is 12.8. The zero-order valence-electron chi connectivity index (χ0n) is 11.6. The third-order valence-corrected chi connectivity index (χ3v) is 3.88. The number of aromatic nitrogens is 3. The standard InChI is InChI=1S/C15H18N4O/c1-12-3-2-8-19(12)15(20)9-13-4-6-14(7-5-13)18-10-16-17-11-18/h4-7,10-12H,2-3,8-9H2,1H3. The summed E-state index contributed by atoms with van der Waals surface area (Å²) in [5.41, 5.74) is 2.05. The predicted octanol–water partition coefficient (Wildman–Crippen LogP) is 1.82. The van der Waals surface area contributed by atoms with Gasteiger partial charge in [-0.05, 0) is 37.5 Å². The van der Waals surface area contributed by atoms with E-state index in [9.17, 15) is 4.79 Å². The van der Waals surface area contributed by atoms with Crippen LogP contribution in [-0.4, -0.2) is 38.2 Å². The Morgan fingerprint density at radius 3 is 2.55 bits per heavy atom. The molecule has 0 N–H and O–H groups in total. The molecular formula is C15H18N4O. The van der Waals surface area contributed by atoms with Gasteiger partial charge in [0, 0.05) is 18.3 Å². The van der Waals surface area contributed by atoms with E-state index in [1.807, 2.05) is 33.7 Å². The number of likely N-dealkylation sites (tertiary alicyclic amines) is 1. The van der Waals surface area contributed by atoms with Gasteiger partial charge in [-0.3, -0.25) is 9.36 Å². The minimum atomic E-state index is 0.229. The average molecular weight is 270 g/mol.